The quantitative estimate of drug-likeness (QED) is 0.682. The number of rotatable bonds is 1. The SMILES string of the molecule is CC.Cc1cccc([C@@]23CCN(C)[C@@H](C(C)C(C)C2)C3C)c1. The van der Waals surface area contributed by atoms with E-state index < -0.39 is 0 Å². The van der Waals surface area contributed by atoms with Gasteiger partial charge in [0, 0.05) is 11.5 Å². The van der Waals surface area contributed by atoms with E-state index in [0.29, 0.717) is 5.41 Å². The van der Waals surface area contributed by atoms with Crippen molar-refractivity contribution >= 4 is 0 Å². The first kappa shape index (κ1) is 17.5. The highest BCUT2D eigenvalue weighted by atomic mass is 15.2. The summed E-state index contributed by atoms with van der Waals surface area (Å²) in [5.74, 6) is 2.39. The van der Waals surface area contributed by atoms with Crippen molar-refractivity contribution in [2.45, 2.75) is 65.8 Å². The smallest absolute Gasteiger partial charge is 0.0154 e. The van der Waals surface area contributed by atoms with Crippen LogP contribution in [0.4, 0.5) is 0 Å². The van der Waals surface area contributed by atoms with Gasteiger partial charge in [-0.05, 0) is 56.7 Å². The maximum Gasteiger partial charge on any atom is 0.0154 e. The maximum absolute atomic E-state index is 2.62. The van der Waals surface area contributed by atoms with E-state index in [1.165, 1.54) is 24.9 Å². The van der Waals surface area contributed by atoms with Crippen LogP contribution >= 0.6 is 0 Å². The largest absolute Gasteiger partial charge is 0.303 e. The van der Waals surface area contributed by atoms with E-state index >= 15 is 0 Å². The summed E-state index contributed by atoms with van der Waals surface area (Å²) >= 11 is 0. The van der Waals surface area contributed by atoms with E-state index in [9.17, 15) is 0 Å². The van der Waals surface area contributed by atoms with Crippen LogP contribution < -0.4 is 0 Å². The molecule has 1 heteroatoms. The molecule has 1 aliphatic heterocycles. The standard InChI is InChI=1S/C19H29N.C2H6/c1-13-7-6-8-17(11-13)19-9-10-20(5)18(16(19)4)15(3)14(2)12-19;1-2/h6-8,11,14-16,18H,9-10,12H2,1-5H3;1-2H3/t14?,15?,16?,18-,19-;/m0./s1. The van der Waals surface area contributed by atoms with Crippen LogP contribution in [-0.4, -0.2) is 24.5 Å². The fourth-order valence-corrected chi connectivity index (χ4v) is 5.18. The number of benzene rings is 1. The molecule has 0 aromatic heterocycles. The van der Waals surface area contributed by atoms with Gasteiger partial charge in [-0.15, -0.1) is 0 Å². The van der Waals surface area contributed by atoms with Gasteiger partial charge in [-0.2, -0.15) is 0 Å². The molecule has 1 saturated heterocycles. The van der Waals surface area contributed by atoms with Crippen LogP contribution in [-0.2, 0) is 5.41 Å². The normalized spacial score (nSPS) is 38.1. The van der Waals surface area contributed by atoms with Crippen LogP contribution in [0.5, 0.6) is 0 Å². The Hall–Kier alpha value is -0.820. The predicted molar refractivity (Wildman–Crippen MR) is 97.3 cm³/mol. The van der Waals surface area contributed by atoms with E-state index in [1.54, 1.807) is 5.56 Å². The number of fused-ring (bicyclic) bond motifs is 2. The number of hydrogen-bond acceptors (Lipinski definition) is 1. The molecule has 1 nitrogen and oxygen atoms in total. The van der Waals surface area contributed by atoms with Crippen LogP contribution in [0.25, 0.3) is 0 Å². The first-order chi connectivity index (χ1) is 10.5. The number of likely N-dealkylation sites (tertiary alicyclic amines) is 1. The highest BCUT2D eigenvalue weighted by molar-refractivity contribution is 5.33. The molecule has 0 N–H and O–H groups in total. The van der Waals surface area contributed by atoms with E-state index in [1.807, 2.05) is 13.8 Å². The van der Waals surface area contributed by atoms with Gasteiger partial charge in [0.15, 0.2) is 0 Å². The lowest BCUT2D eigenvalue weighted by Crippen LogP contribution is -2.61. The minimum absolute atomic E-state index is 0.412. The maximum atomic E-state index is 2.62. The molecule has 2 bridgehead atoms. The van der Waals surface area contributed by atoms with Crippen molar-refractivity contribution in [2.75, 3.05) is 13.6 Å². The third-order valence-corrected chi connectivity index (χ3v) is 6.52. The molecular weight excluding hydrogens is 266 g/mol. The van der Waals surface area contributed by atoms with E-state index in [0.717, 1.165) is 23.8 Å². The summed E-state index contributed by atoms with van der Waals surface area (Å²) in [6.07, 6.45) is 2.69. The second-order valence-corrected chi connectivity index (χ2v) is 7.58. The Labute approximate surface area is 138 Å². The zero-order valence-electron chi connectivity index (χ0n) is 15.7. The van der Waals surface area contributed by atoms with Gasteiger partial charge in [0.1, 0.15) is 0 Å². The van der Waals surface area contributed by atoms with Crippen molar-refractivity contribution < 1.29 is 0 Å². The first-order valence-corrected chi connectivity index (χ1v) is 9.23. The summed E-state index contributed by atoms with van der Waals surface area (Å²) in [7, 11) is 2.33. The molecule has 1 aliphatic carbocycles. The Morgan fingerprint density at radius 3 is 2.45 bits per heavy atom. The van der Waals surface area contributed by atoms with Gasteiger partial charge in [0.05, 0.1) is 0 Å². The van der Waals surface area contributed by atoms with Crippen molar-refractivity contribution in [1.29, 1.82) is 0 Å². The van der Waals surface area contributed by atoms with Crippen molar-refractivity contribution in [1.82, 2.24) is 4.90 Å². The summed E-state index contributed by atoms with van der Waals surface area (Å²) in [6.45, 7) is 14.9. The van der Waals surface area contributed by atoms with Gasteiger partial charge in [0.25, 0.3) is 0 Å². The molecule has 0 amide bonds. The highest BCUT2D eigenvalue weighted by Crippen LogP contribution is 2.54. The third-order valence-electron chi connectivity index (χ3n) is 6.52. The van der Waals surface area contributed by atoms with Gasteiger partial charge >= 0.3 is 0 Å². The molecule has 1 aromatic carbocycles. The fourth-order valence-electron chi connectivity index (χ4n) is 5.18. The number of aryl methyl sites for hydroxylation is 1. The summed E-state index contributed by atoms with van der Waals surface area (Å²) in [4.78, 5) is 2.62. The Kier molecular flexibility index (Phi) is 5.37. The third kappa shape index (κ3) is 2.73. The molecule has 1 aromatic rings. The minimum atomic E-state index is 0.412. The molecule has 0 spiro atoms. The highest BCUT2D eigenvalue weighted by Gasteiger charge is 2.53. The molecule has 22 heavy (non-hydrogen) atoms. The van der Waals surface area contributed by atoms with E-state index in [2.05, 4.69) is 63.9 Å². The molecule has 1 saturated carbocycles. The average Bonchev–Trinajstić information content (AvgIpc) is 2.51. The molecule has 124 valence electrons. The van der Waals surface area contributed by atoms with Gasteiger partial charge in [-0.3, -0.25) is 0 Å². The number of nitrogens with zero attached hydrogens (tertiary/aromatic N) is 1. The van der Waals surface area contributed by atoms with E-state index in [-0.39, 0.29) is 0 Å². The zero-order chi connectivity index (χ0) is 16.5. The molecular formula is C21H35N. The molecule has 2 aliphatic rings. The van der Waals surface area contributed by atoms with Crippen LogP contribution in [0.15, 0.2) is 24.3 Å². The Bertz CT molecular complexity index is 494. The molecule has 1 heterocycles. The topological polar surface area (TPSA) is 3.24 Å². The fraction of sp³-hybridized carbons (Fsp3) is 0.714. The Morgan fingerprint density at radius 1 is 1.14 bits per heavy atom. The lowest BCUT2D eigenvalue weighted by atomic mass is 9.52. The van der Waals surface area contributed by atoms with E-state index in [4.69, 9.17) is 0 Å². The first-order valence-electron chi connectivity index (χ1n) is 9.23. The second-order valence-electron chi connectivity index (χ2n) is 7.58. The van der Waals surface area contributed by atoms with Crippen LogP contribution in [0.3, 0.4) is 0 Å². The summed E-state index contributed by atoms with van der Waals surface area (Å²) in [5, 5.41) is 0. The van der Waals surface area contributed by atoms with Crippen molar-refractivity contribution in [3.8, 4) is 0 Å². The monoisotopic (exact) mass is 301 g/mol. The molecule has 3 rings (SSSR count). The van der Waals surface area contributed by atoms with Crippen molar-refractivity contribution in [2.24, 2.45) is 17.8 Å². The lowest BCUT2D eigenvalue weighted by molar-refractivity contribution is -0.0458. The Morgan fingerprint density at radius 2 is 1.82 bits per heavy atom. The van der Waals surface area contributed by atoms with Gasteiger partial charge in [0.2, 0.25) is 0 Å². The lowest BCUT2D eigenvalue weighted by Gasteiger charge is -2.59. The summed E-state index contributed by atoms with van der Waals surface area (Å²) in [5.41, 5.74) is 3.42. The van der Waals surface area contributed by atoms with Crippen molar-refractivity contribution in [3.05, 3.63) is 35.4 Å². The predicted octanol–water partition coefficient (Wildman–Crippen LogP) is 5.28. The van der Waals surface area contributed by atoms with Crippen LogP contribution in [0, 0.1) is 24.7 Å². The van der Waals surface area contributed by atoms with Crippen LogP contribution in [0.1, 0.15) is 58.6 Å². The van der Waals surface area contributed by atoms with Gasteiger partial charge in [-0.1, -0.05) is 64.4 Å². The molecule has 0 radical (unpaired) electrons. The number of hydrogen-bond donors (Lipinski definition) is 0. The Balaban J connectivity index is 0.000000847. The summed E-state index contributed by atoms with van der Waals surface area (Å²) in [6, 6.07) is 10.1. The minimum Gasteiger partial charge on any atom is -0.303 e. The van der Waals surface area contributed by atoms with Gasteiger partial charge in [-0.25, -0.2) is 0 Å². The molecule has 2 fully saturated rings. The number of piperidine rings is 1. The second kappa shape index (κ2) is 6.74. The van der Waals surface area contributed by atoms with Gasteiger partial charge < -0.3 is 4.90 Å². The average molecular weight is 302 g/mol. The zero-order valence-corrected chi connectivity index (χ0v) is 15.7. The molecule has 5 atom stereocenters. The van der Waals surface area contributed by atoms with Crippen LogP contribution in [0.2, 0.25) is 0 Å². The molecule has 3 unspecified atom stereocenters. The van der Waals surface area contributed by atoms with Crippen molar-refractivity contribution in [3.63, 3.8) is 0 Å². The summed E-state index contributed by atoms with van der Waals surface area (Å²) < 4.78 is 0.